The molecule has 8 heteroatoms. The van der Waals surface area contributed by atoms with Crippen molar-refractivity contribution in [2.75, 3.05) is 26.2 Å². The van der Waals surface area contributed by atoms with Crippen molar-refractivity contribution >= 4 is 16.9 Å². The molecule has 0 spiro atoms. The molecule has 0 aromatic carbocycles. The van der Waals surface area contributed by atoms with Crippen molar-refractivity contribution in [2.45, 2.75) is 12.8 Å². The molecule has 26 heavy (non-hydrogen) atoms. The van der Waals surface area contributed by atoms with Crippen molar-refractivity contribution in [3.63, 3.8) is 0 Å². The zero-order valence-corrected chi connectivity index (χ0v) is 15.1. The summed E-state index contributed by atoms with van der Waals surface area (Å²) >= 11 is 0. The van der Waals surface area contributed by atoms with Crippen molar-refractivity contribution in [2.24, 2.45) is 25.9 Å². The fourth-order valence-electron chi connectivity index (χ4n) is 4.16. The molecule has 2 saturated heterocycles. The van der Waals surface area contributed by atoms with E-state index in [1.807, 2.05) is 4.90 Å². The third-order valence-corrected chi connectivity index (χ3v) is 5.83. The fourth-order valence-corrected chi connectivity index (χ4v) is 4.16. The van der Waals surface area contributed by atoms with Crippen LogP contribution in [-0.2, 0) is 14.1 Å². The molecule has 2 aliphatic heterocycles. The first-order chi connectivity index (χ1) is 12.5. The molecular weight excluding hydrogens is 334 g/mol. The van der Waals surface area contributed by atoms with Crippen LogP contribution in [0.4, 0.5) is 0 Å². The van der Waals surface area contributed by atoms with Crippen molar-refractivity contribution in [3.8, 4) is 0 Å². The number of nitrogens with zero attached hydrogens (tertiary/aromatic N) is 4. The van der Waals surface area contributed by atoms with E-state index in [1.54, 1.807) is 19.2 Å². The van der Waals surface area contributed by atoms with Gasteiger partial charge in [-0.25, -0.2) is 9.78 Å². The van der Waals surface area contributed by atoms with Crippen LogP contribution in [0.25, 0.3) is 11.0 Å². The third-order valence-electron chi connectivity index (χ3n) is 5.83. The fraction of sp³-hybridized carbons (Fsp3) is 0.556. The van der Waals surface area contributed by atoms with E-state index in [4.69, 9.17) is 0 Å². The third kappa shape index (κ3) is 2.65. The Morgan fingerprint density at radius 3 is 2.38 bits per heavy atom. The predicted molar refractivity (Wildman–Crippen MR) is 97.2 cm³/mol. The smallest absolute Gasteiger partial charge is 0.332 e. The van der Waals surface area contributed by atoms with Crippen LogP contribution in [0.2, 0.25) is 0 Å². The summed E-state index contributed by atoms with van der Waals surface area (Å²) in [6.07, 6.45) is 1.99. The minimum atomic E-state index is -0.449. The molecule has 138 valence electrons. The Balaban J connectivity index is 1.67. The lowest BCUT2D eigenvalue weighted by atomic mass is 9.92. The van der Waals surface area contributed by atoms with Crippen LogP contribution in [0.5, 0.6) is 0 Å². The van der Waals surface area contributed by atoms with Crippen LogP contribution in [0.1, 0.15) is 23.3 Å². The van der Waals surface area contributed by atoms with Gasteiger partial charge in [0.15, 0.2) is 0 Å². The minimum absolute atomic E-state index is 0.132. The summed E-state index contributed by atoms with van der Waals surface area (Å²) in [4.78, 5) is 43.5. The topological polar surface area (TPSA) is 89.2 Å². The number of likely N-dealkylation sites (tertiary alicyclic amines) is 1. The summed E-state index contributed by atoms with van der Waals surface area (Å²) in [5, 5.41) is 3.77. The van der Waals surface area contributed by atoms with Crippen LogP contribution in [0.3, 0.4) is 0 Å². The second-order valence-electron chi connectivity index (χ2n) is 7.32. The number of aromatic nitrogens is 3. The summed E-state index contributed by atoms with van der Waals surface area (Å²) in [5.41, 5.74) is -0.315. The maximum Gasteiger partial charge on any atom is 0.332 e. The van der Waals surface area contributed by atoms with E-state index in [9.17, 15) is 14.4 Å². The van der Waals surface area contributed by atoms with E-state index in [0.717, 1.165) is 43.6 Å². The van der Waals surface area contributed by atoms with Crippen molar-refractivity contribution in [1.29, 1.82) is 0 Å². The summed E-state index contributed by atoms with van der Waals surface area (Å²) < 4.78 is 2.36. The minimum Gasteiger partial charge on any atom is -0.337 e. The average Bonchev–Trinajstić information content (AvgIpc) is 3.02. The summed E-state index contributed by atoms with van der Waals surface area (Å²) in [5.74, 6) is 1.15. The van der Waals surface area contributed by atoms with Crippen LogP contribution < -0.4 is 16.6 Å². The molecule has 0 unspecified atom stereocenters. The number of amides is 1. The molecule has 0 radical (unpaired) electrons. The van der Waals surface area contributed by atoms with E-state index < -0.39 is 11.2 Å². The highest BCUT2D eigenvalue weighted by atomic mass is 16.2. The van der Waals surface area contributed by atoms with Gasteiger partial charge in [0, 0.05) is 27.2 Å². The van der Waals surface area contributed by atoms with Gasteiger partial charge in [-0.1, -0.05) is 0 Å². The molecule has 2 aromatic rings. The molecule has 2 fully saturated rings. The molecule has 2 aromatic heterocycles. The number of pyridine rings is 1. The lowest BCUT2D eigenvalue weighted by Gasteiger charge is -2.20. The lowest BCUT2D eigenvalue weighted by Crippen LogP contribution is -2.38. The number of rotatable bonds is 1. The highest BCUT2D eigenvalue weighted by Crippen LogP contribution is 2.27. The molecule has 4 rings (SSSR count). The van der Waals surface area contributed by atoms with Gasteiger partial charge < -0.3 is 10.2 Å². The SMILES string of the molecule is Cn1c(=O)c2ccc(C(=O)N3CC[C@@H]4CNC[C@@H]4CC3)nc2n(C)c1=O. The van der Waals surface area contributed by atoms with E-state index in [-0.39, 0.29) is 17.2 Å². The van der Waals surface area contributed by atoms with E-state index >= 15 is 0 Å². The van der Waals surface area contributed by atoms with Gasteiger partial charge in [-0.05, 0) is 49.9 Å². The second-order valence-corrected chi connectivity index (χ2v) is 7.32. The first kappa shape index (κ1) is 17.0. The van der Waals surface area contributed by atoms with Crippen molar-refractivity contribution in [1.82, 2.24) is 24.3 Å². The highest BCUT2D eigenvalue weighted by molar-refractivity contribution is 5.94. The van der Waals surface area contributed by atoms with Crippen LogP contribution in [0.15, 0.2) is 21.7 Å². The van der Waals surface area contributed by atoms with Gasteiger partial charge in [0.05, 0.1) is 5.39 Å². The number of carbonyl (C=O) groups is 1. The van der Waals surface area contributed by atoms with Gasteiger partial charge in [-0.2, -0.15) is 0 Å². The van der Waals surface area contributed by atoms with Gasteiger partial charge in [-0.15, -0.1) is 0 Å². The Morgan fingerprint density at radius 1 is 1.08 bits per heavy atom. The standard InChI is InChI=1S/C18H23N5O3/c1-21-15-13(16(24)22(2)18(21)26)3-4-14(20-15)17(25)23-7-5-11-9-19-10-12(11)6-8-23/h3-4,11-12,19H,5-10H2,1-2H3/t11-,12+. The molecule has 1 N–H and O–H groups in total. The van der Waals surface area contributed by atoms with Crippen LogP contribution >= 0.6 is 0 Å². The molecule has 2 aliphatic rings. The molecule has 4 heterocycles. The molecule has 1 amide bonds. The molecule has 0 saturated carbocycles. The lowest BCUT2D eigenvalue weighted by molar-refractivity contribution is 0.0753. The number of nitrogens with one attached hydrogen (secondary N) is 1. The zero-order valence-electron chi connectivity index (χ0n) is 15.1. The number of carbonyl (C=O) groups excluding carboxylic acids is 1. The number of hydrogen-bond acceptors (Lipinski definition) is 5. The average molecular weight is 357 g/mol. The van der Waals surface area contributed by atoms with Gasteiger partial charge in [-0.3, -0.25) is 18.7 Å². The highest BCUT2D eigenvalue weighted by Gasteiger charge is 2.32. The number of aryl methyl sites for hydroxylation is 1. The second kappa shape index (κ2) is 6.35. The Bertz CT molecular complexity index is 979. The Morgan fingerprint density at radius 2 is 1.73 bits per heavy atom. The first-order valence-electron chi connectivity index (χ1n) is 9.04. The maximum absolute atomic E-state index is 12.9. The van der Waals surface area contributed by atoms with Crippen LogP contribution in [0, 0.1) is 11.8 Å². The van der Waals surface area contributed by atoms with Crippen molar-refractivity contribution < 1.29 is 4.79 Å². The Labute approximate surface area is 150 Å². The van der Waals surface area contributed by atoms with Gasteiger partial charge in [0.2, 0.25) is 0 Å². The molecule has 2 atom stereocenters. The zero-order chi connectivity index (χ0) is 18.4. The molecular formula is C18H23N5O3. The normalized spacial score (nSPS) is 23.1. The van der Waals surface area contributed by atoms with E-state index in [0.29, 0.717) is 17.2 Å². The van der Waals surface area contributed by atoms with Gasteiger partial charge >= 0.3 is 5.69 Å². The number of hydrogen-bond donors (Lipinski definition) is 1. The van der Waals surface area contributed by atoms with Gasteiger partial charge in [0.1, 0.15) is 11.3 Å². The Kier molecular flexibility index (Phi) is 4.14. The summed E-state index contributed by atoms with van der Waals surface area (Å²) in [7, 11) is 3.00. The number of fused-ring (bicyclic) bond motifs is 2. The summed E-state index contributed by atoms with van der Waals surface area (Å²) in [6.45, 7) is 3.51. The largest absolute Gasteiger partial charge is 0.337 e. The Hall–Kier alpha value is -2.48. The molecule has 0 aliphatic carbocycles. The maximum atomic E-state index is 12.9. The van der Waals surface area contributed by atoms with E-state index in [1.165, 1.54) is 11.6 Å². The van der Waals surface area contributed by atoms with E-state index in [2.05, 4.69) is 10.3 Å². The monoisotopic (exact) mass is 357 g/mol. The predicted octanol–water partition coefficient (Wildman–Crippen LogP) is -0.296. The molecule has 0 bridgehead atoms. The first-order valence-corrected chi connectivity index (χ1v) is 9.04. The quantitative estimate of drug-likeness (QED) is 0.757. The van der Waals surface area contributed by atoms with Crippen molar-refractivity contribution in [3.05, 3.63) is 38.7 Å². The van der Waals surface area contributed by atoms with Gasteiger partial charge in [0.25, 0.3) is 11.5 Å². The summed E-state index contributed by atoms with van der Waals surface area (Å²) in [6, 6.07) is 3.18. The van der Waals surface area contributed by atoms with Crippen LogP contribution in [-0.4, -0.2) is 51.1 Å². The molecule has 8 nitrogen and oxygen atoms in total.